The molecule has 0 fully saturated rings. The summed E-state index contributed by atoms with van der Waals surface area (Å²) in [6, 6.07) is 8.01. The van der Waals surface area contributed by atoms with E-state index in [-0.39, 0.29) is 32.7 Å². The quantitative estimate of drug-likeness (QED) is 0.497. The van der Waals surface area contributed by atoms with Crippen molar-refractivity contribution < 1.29 is 27.5 Å². The number of fused-ring (bicyclic) bond motifs is 1. The number of aromatic nitrogens is 2. The lowest BCUT2D eigenvalue weighted by atomic mass is 9.99. The van der Waals surface area contributed by atoms with Gasteiger partial charge in [0.15, 0.2) is 0 Å². The predicted octanol–water partition coefficient (Wildman–Crippen LogP) is 4.99. The first-order valence-corrected chi connectivity index (χ1v) is 7.97. The molecule has 3 rings (SSSR count). The number of nitrogens with zero attached hydrogens (tertiary/aromatic N) is 2. The van der Waals surface area contributed by atoms with Crippen LogP contribution in [0.15, 0.2) is 42.5 Å². The Hall–Kier alpha value is -2.87. The number of carboxylic acids is 1. The Morgan fingerprint density at radius 2 is 1.96 bits per heavy atom. The number of carbonyl (C=O) groups is 1. The number of hydrogen-bond acceptors (Lipinski definition) is 2. The van der Waals surface area contributed by atoms with Crippen molar-refractivity contribution in [1.82, 2.24) is 9.78 Å². The molecular weight excluding hydrogens is 388 g/mol. The molecule has 0 saturated carbocycles. The molecular formula is C18H11ClF4N2O2. The fourth-order valence-corrected chi connectivity index (χ4v) is 2.98. The van der Waals surface area contributed by atoms with Crippen molar-refractivity contribution in [1.29, 1.82) is 0 Å². The van der Waals surface area contributed by atoms with Crippen LogP contribution in [0.4, 0.5) is 17.6 Å². The van der Waals surface area contributed by atoms with E-state index in [0.29, 0.717) is 17.2 Å². The zero-order chi connectivity index (χ0) is 19.8. The molecule has 0 aliphatic rings. The van der Waals surface area contributed by atoms with Gasteiger partial charge in [-0.05, 0) is 41.8 Å². The second-order valence-electron chi connectivity index (χ2n) is 5.66. The number of halogens is 5. The number of alkyl halides is 3. The third-order valence-corrected chi connectivity index (χ3v) is 4.19. The predicted molar refractivity (Wildman–Crippen MR) is 91.9 cm³/mol. The zero-order valence-electron chi connectivity index (χ0n) is 13.5. The van der Waals surface area contributed by atoms with Crippen LogP contribution in [0.25, 0.3) is 17.0 Å². The summed E-state index contributed by atoms with van der Waals surface area (Å²) in [5.74, 6) is -1.85. The molecule has 3 aromatic rings. The van der Waals surface area contributed by atoms with Gasteiger partial charge in [-0.15, -0.1) is 13.2 Å². The Kier molecular flexibility index (Phi) is 4.93. The van der Waals surface area contributed by atoms with Crippen LogP contribution in [0.1, 0.15) is 16.8 Å². The minimum Gasteiger partial charge on any atom is -0.478 e. The third-order valence-electron chi connectivity index (χ3n) is 3.84. The van der Waals surface area contributed by atoms with Gasteiger partial charge in [0.2, 0.25) is 0 Å². The molecule has 0 radical (unpaired) electrons. The van der Waals surface area contributed by atoms with Crippen molar-refractivity contribution in [3.63, 3.8) is 0 Å². The first-order chi connectivity index (χ1) is 12.7. The number of benzene rings is 2. The van der Waals surface area contributed by atoms with Crippen LogP contribution in [0, 0.1) is 5.82 Å². The van der Waals surface area contributed by atoms with Crippen molar-refractivity contribution in [2.24, 2.45) is 0 Å². The summed E-state index contributed by atoms with van der Waals surface area (Å²) in [4.78, 5) is 10.8. The summed E-state index contributed by atoms with van der Waals surface area (Å²) in [7, 11) is 0. The van der Waals surface area contributed by atoms with Gasteiger partial charge in [-0.3, -0.25) is 0 Å². The molecule has 2 aromatic carbocycles. The molecule has 0 bridgehead atoms. The van der Waals surface area contributed by atoms with Crippen LogP contribution in [0.5, 0.6) is 0 Å². The average Bonchev–Trinajstić information content (AvgIpc) is 2.95. The molecule has 4 nitrogen and oxygen atoms in total. The molecule has 1 heterocycles. The minimum absolute atomic E-state index is 0.111. The number of rotatable bonds is 4. The maximum Gasteiger partial charge on any atom is 0.505 e. The van der Waals surface area contributed by atoms with Gasteiger partial charge in [-0.2, -0.15) is 9.78 Å². The Bertz CT molecular complexity index is 1060. The summed E-state index contributed by atoms with van der Waals surface area (Å²) in [5.41, 5.74) is 0.599. The Balaban J connectivity index is 2.21. The summed E-state index contributed by atoms with van der Waals surface area (Å²) in [6.45, 7) is 0. The van der Waals surface area contributed by atoms with Gasteiger partial charge in [0.25, 0.3) is 0 Å². The summed E-state index contributed by atoms with van der Waals surface area (Å²) in [6.07, 6.45) is -2.94. The van der Waals surface area contributed by atoms with Crippen molar-refractivity contribution >= 4 is 34.5 Å². The van der Waals surface area contributed by atoms with Crippen LogP contribution < -0.4 is 0 Å². The lowest BCUT2D eigenvalue weighted by molar-refractivity contribution is -0.209. The van der Waals surface area contributed by atoms with Crippen LogP contribution >= 0.6 is 11.6 Å². The van der Waals surface area contributed by atoms with Crippen molar-refractivity contribution in [3.8, 4) is 0 Å². The van der Waals surface area contributed by atoms with Crippen LogP contribution in [0.2, 0.25) is 5.02 Å². The molecule has 140 valence electrons. The van der Waals surface area contributed by atoms with E-state index >= 15 is 0 Å². The lowest BCUT2D eigenvalue weighted by Gasteiger charge is -2.09. The monoisotopic (exact) mass is 398 g/mol. The van der Waals surface area contributed by atoms with Gasteiger partial charge in [0, 0.05) is 16.5 Å². The van der Waals surface area contributed by atoms with Gasteiger partial charge < -0.3 is 5.11 Å². The molecule has 1 aromatic heterocycles. The number of carboxylic acid groups (broad SMARTS) is 1. The van der Waals surface area contributed by atoms with E-state index in [0.717, 1.165) is 12.1 Å². The van der Waals surface area contributed by atoms with E-state index < -0.39 is 18.1 Å². The van der Waals surface area contributed by atoms with Gasteiger partial charge in [0.05, 0.1) is 11.2 Å². The van der Waals surface area contributed by atoms with Crippen LogP contribution in [0.3, 0.4) is 0 Å². The van der Waals surface area contributed by atoms with E-state index in [1.807, 2.05) is 0 Å². The van der Waals surface area contributed by atoms with Crippen LogP contribution in [-0.4, -0.2) is 20.9 Å². The van der Waals surface area contributed by atoms with E-state index in [1.54, 1.807) is 6.07 Å². The lowest BCUT2D eigenvalue weighted by Crippen LogP contribution is -2.18. The summed E-state index contributed by atoms with van der Waals surface area (Å²) in [5, 5.41) is 12.6. The van der Waals surface area contributed by atoms with E-state index in [4.69, 9.17) is 16.7 Å². The highest BCUT2D eigenvalue weighted by molar-refractivity contribution is 6.31. The molecule has 0 saturated heterocycles. The third kappa shape index (κ3) is 3.95. The Morgan fingerprint density at radius 1 is 1.22 bits per heavy atom. The fourth-order valence-electron chi connectivity index (χ4n) is 2.75. The molecule has 0 atom stereocenters. The normalized spacial score (nSPS) is 12.2. The second-order valence-corrected chi connectivity index (χ2v) is 6.07. The summed E-state index contributed by atoms with van der Waals surface area (Å²) < 4.78 is 53.0. The summed E-state index contributed by atoms with van der Waals surface area (Å²) >= 11 is 6.02. The standard InChI is InChI=1S/C18H11ClF4N2O2/c19-13-9-12(20)5-4-10(13)8-11-2-1-3-15-17(11)14(6-7-16(26)27)24-25(15)18(21,22)23/h1-7,9H,8H2,(H,26,27)/b7-6+. The maximum absolute atomic E-state index is 13.3. The van der Waals surface area contributed by atoms with Gasteiger partial charge in [-0.1, -0.05) is 29.8 Å². The fraction of sp³-hybridized carbons (Fsp3) is 0.111. The zero-order valence-corrected chi connectivity index (χ0v) is 14.2. The molecule has 0 aliphatic carbocycles. The van der Waals surface area contributed by atoms with Crippen molar-refractivity contribution in [3.05, 3.63) is 70.1 Å². The van der Waals surface area contributed by atoms with E-state index in [9.17, 15) is 22.4 Å². The first-order valence-electron chi connectivity index (χ1n) is 7.59. The largest absolute Gasteiger partial charge is 0.505 e. The maximum atomic E-state index is 13.3. The number of hydrogen-bond donors (Lipinski definition) is 1. The van der Waals surface area contributed by atoms with Crippen molar-refractivity contribution in [2.45, 2.75) is 12.7 Å². The highest BCUT2D eigenvalue weighted by atomic mass is 35.5. The second kappa shape index (κ2) is 7.03. The molecule has 1 N–H and O–H groups in total. The Morgan fingerprint density at radius 3 is 2.59 bits per heavy atom. The topological polar surface area (TPSA) is 55.1 Å². The smallest absolute Gasteiger partial charge is 0.478 e. The van der Waals surface area contributed by atoms with E-state index in [2.05, 4.69) is 5.10 Å². The minimum atomic E-state index is -4.78. The van der Waals surface area contributed by atoms with Gasteiger partial charge >= 0.3 is 12.3 Å². The van der Waals surface area contributed by atoms with Gasteiger partial charge in [-0.25, -0.2) is 9.18 Å². The molecule has 0 unspecified atom stereocenters. The molecule has 27 heavy (non-hydrogen) atoms. The highest BCUT2D eigenvalue weighted by Crippen LogP contribution is 2.33. The molecule has 0 aliphatic heterocycles. The first kappa shape index (κ1) is 18.9. The highest BCUT2D eigenvalue weighted by Gasteiger charge is 2.34. The molecule has 0 spiro atoms. The SMILES string of the molecule is O=C(O)/C=C/c1nn(C(F)(F)F)c2cccc(Cc3ccc(F)cc3Cl)c12. The number of aliphatic carboxylic acids is 1. The van der Waals surface area contributed by atoms with E-state index in [1.165, 1.54) is 24.3 Å². The Labute approximate surface area is 155 Å². The molecule has 0 amide bonds. The average molecular weight is 399 g/mol. The molecule has 9 heteroatoms. The van der Waals surface area contributed by atoms with Gasteiger partial charge in [0.1, 0.15) is 5.82 Å². The van der Waals surface area contributed by atoms with Crippen LogP contribution in [-0.2, 0) is 17.5 Å². The van der Waals surface area contributed by atoms with Crippen molar-refractivity contribution in [2.75, 3.05) is 0 Å².